The number of rotatable bonds is 2. The lowest BCUT2D eigenvalue weighted by atomic mass is 9.90. The second-order valence-corrected chi connectivity index (χ2v) is 12.0. The zero-order chi connectivity index (χ0) is 11.2. The lowest BCUT2D eigenvalue weighted by Crippen LogP contribution is -2.41. The highest BCUT2D eigenvalue weighted by atomic mass is 28.3. The molecule has 0 radical (unpaired) electrons. The van der Waals surface area contributed by atoms with E-state index in [9.17, 15) is 0 Å². The van der Waals surface area contributed by atoms with Crippen molar-refractivity contribution in [1.82, 2.24) is 0 Å². The second kappa shape index (κ2) is 3.36. The summed E-state index contributed by atoms with van der Waals surface area (Å²) in [4.78, 5) is 0. The van der Waals surface area contributed by atoms with Crippen LogP contribution in [0.3, 0.4) is 0 Å². The molecule has 0 amide bonds. The van der Waals surface area contributed by atoms with Gasteiger partial charge in [-0.25, -0.2) is 0 Å². The molecular weight excluding hydrogens is 191 g/mol. The summed E-state index contributed by atoms with van der Waals surface area (Å²) < 4.78 is 11.9. The zero-order valence-electron chi connectivity index (χ0n) is 10.6. The summed E-state index contributed by atoms with van der Waals surface area (Å²) in [6.45, 7) is 15.5. The minimum atomic E-state index is -1.10. The van der Waals surface area contributed by atoms with Gasteiger partial charge in [-0.15, -0.1) is 0 Å². The Morgan fingerprint density at radius 1 is 0.929 bits per heavy atom. The van der Waals surface area contributed by atoms with Crippen molar-refractivity contribution in [2.75, 3.05) is 0 Å². The molecule has 2 nitrogen and oxygen atoms in total. The predicted octanol–water partition coefficient (Wildman–Crippen LogP) is 2.96. The fourth-order valence-electron chi connectivity index (χ4n) is 1.55. The molecule has 0 N–H and O–H groups in total. The molecule has 4 heteroatoms. The summed E-state index contributed by atoms with van der Waals surface area (Å²) in [5.74, 6) is 1.08. The Bertz CT molecular complexity index is 205. The molecule has 0 saturated carbocycles. The fourth-order valence-corrected chi connectivity index (χ4v) is 2.72. The summed E-state index contributed by atoms with van der Waals surface area (Å²) in [6.07, 6.45) is 0. The van der Waals surface area contributed by atoms with E-state index in [1.807, 2.05) is 0 Å². The van der Waals surface area contributed by atoms with Gasteiger partial charge in [-0.05, 0) is 33.6 Å². The van der Waals surface area contributed by atoms with E-state index in [1.165, 1.54) is 0 Å². The summed E-state index contributed by atoms with van der Waals surface area (Å²) in [5, 5.41) is 0. The first kappa shape index (κ1) is 12.3. The van der Waals surface area contributed by atoms with Crippen LogP contribution in [0.25, 0.3) is 0 Å². The number of hydrogen-bond donors (Lipinski definition) is 0. The maximum atomic E-state index is 5.95. The maximum Gasteiger partial charge on any atom is 0.454 e. The maximum absolute atomic E-state index is 5.95. The van der Waals surface area contributed by atoms with Crippen molar-refractivity contribution < 1.29 is 9.31 Å². The van der Waals surface area contributed by atoms with Gasteiger partial charge in [0.05, 0.1) is 11.2 Å². The van der Waals surface area contributed by atoms with Crippen LogP contribution in [0.15, 0.2) is 0 Å². The average Bonchev–Trinajstić information content (AvgIpc) is 1.94. The van der Waals surface area contributed by atoms with Crippen LogP contribution in [-0.4, -0.2) is 26.4 Å². The van der Waals surface area contributed by atoms with E-state index in [-0.39, 0.29) is 18.3 Å². The molecule has 1 fully saturated rings. The molecule has 0 aromatic carbocycles. The average molecular weight is 214 g/mol. The SMILES string of the molecule is CC1(C)OB(C[Si](C)(C)C)OC1(C)C. The Kier molecular flexibility index (Phi) is 2.94. The Balaban J connectivity index is 2.65. The van der Waals surface area contributed by atoms with Gasteiger partial charge in [-0.2, -0.15) is 0 Å². The Labute approximate surface area is 89.5 Å². The third-order valence-corrected chi connectivity index (χ3v) is 4.64. The summed E-state index contributed by atoms with van der Waals surface area (Å²) in [5.41, 5.74) is -0.339. The highest BCUT2D eigenvalue weighted by molar-refractivity contribution is 6.84. The lowest BCUT2D eigenvalue weighted by Gasteiger charge is -2.32. The van der Waals surface area contributed by atoms with E-state index in [0.29, 0.717) is 0 Å². The van der Waals surface area contributed by atoms with Gasteiger partial charge < -0.3 is 9.31 Å². The first-order valence-corrected chi connectivity index (χ1v) is 9.10. The molecule has 1 aliphatic rings. The van der Waals surface area contributed by atoms with Gasteiger partial charge in [0.15, 0.2) is 0 Å². The molecule has 1 heterocycles. The van der Waals surface area contributed by atoms with Gasteiger partial charge in [-0.3, -0.25) is 0 Å². The molecule has 0 aliphatic carbocycles. The second-order valence-electron chi connectivity index (χ2n) is 6.45. The highest BCUT2D eigenvalue weighted by Crippen LogP contribution is 2.38. The van der Waals surface area contributed by atoms with Crippen molar-refractivity contribution in [2.24, 2.45) is 0 Å². The minimum Gasteiger partial charge on any atom is -0.403 e. The van der Waals surface area contributed by atoms with Crippen LogP contribution in [0.4, 0.5) is 0 Å². The molecule has 1 rings (SSSR count). The van der Waals surface area contributed by atoms with Crippen molar-refractivity contribution in [2.45, 2.75) is 64.5 Å². The molecule has 0 unspecified atom stereocenters. The fraction of sp³-hybridized carbons (Fsp3) is 1.00. The molecule has 1 saturated heterocycles. The highest BCUT2D eigenvalue weighted by Gasteiger charge is 2.51. The van der Waals surface area contributed by atoms with Gasteiger partial charge in [0.25, 0.3) is 0 Å². The van der Waals surface area contributed by atoms with Gasteiger partial charge >= 0.3 is 7.12 Å². The quantitative estimate of drug-likeness (QED) is 0.658. The third-order valence-electron chi connectivity index (χ3n) is 3.08. The molecule has 0 bridgehead atoms. The standard InChI is InChI=1S/C10H23BO2Si/c1-9(2)10(3,4)13-11(12-9)8-14(5,6)7/h8H2,1-7H3. The Morgan fingerprint density at radius 2 is 1.29 bits per heavy atom. The molecule has 0 aromatic heterocycles. The van der Waals surface area contributed by atoms with Crippen LogP contribution in [0, 0.1) is 0 Å². The van der Waals surface area contributed by atoms with Crippen LogP contribution in [0.2, 0.25) is 25.6 Å². The monoisotopic (exact) mass is 214 g/mol. The van der Waals surface area contributed by atoms with E-state index in [2.05, 4.69) is 47.3 Å². The third kappa shape index (κ3) is 2.61. The Hall–Kier alpha value is 0.202. The molecule has 82 valence electrons. The molecule has 14 heavy (non-hydrogen) atoms. The van der Waals surface area contributed by atoms with E-state index in [0.717, 1.165) is 5.94 Å². The molecule has 0 atom stereocenters. The van der Waals surface area contributed by atoms with E-state index >= 15 is 0 Å². The molecule has 1 aliphatic heterocycles. The number of hydrogen-bond acceptors (Lipinski definition) is 2. The van der Waals surface area contributed by atoms with Gasteiger partial charge in [0, 0.05) is 8.07 Å². The van der Waals surface area contributed by atoms with Crippen LogP contribution >= 0.6 is 0 Å². The first-order chi connectivity index (χ1) is 6.04. The van der Waals surface area contributed by atoms with Crippen molar-refractivity contribution in [3.05, 3.63) is 0 Å². The van der Waals surface area contributed by atoms with Crippen LogP contribution in [-0.2, 0) is 9.31 Å². The smallest absolute Gasteiger partial charge is 0.403 e. The van der Waals surface area contributed by atoms with E-state index in [4.69, 9.17) is 9.31 Å². The summed E-state index contributed by atoms with van der Waals surface area (Å²) in [6, 6.07) is 0. The van der Waals surface area contributed by atoms with E-state index < -0.39 is 8.07 Å². The largest absolute Gasteiger partial charge is 0.454 e. The van der Waals surface area contributed by atoms with Crippen molar-refractivity contribution >= 4 is 15.2 Å². The predicted molar refractivity (Wildman–Crippen MR) is 64.2 cm³/mol. The lowest BCUT2D eigenvalue weighted by molar-refractivity contribution is 0.00578. The topological polar surface area (TPSA) is 18.5 Å². The zero-order valence-corrected chi connectivity index (χ0v) is 11.6. The van der Waals surface area contributed by atoms with Crippen LogP contribution in [0.5, 0.6) is 0 Å². The molecule has 0 aromatic rings. The first-order valence-electron chi connectivity index (χ1n) is 5.39. The van der Waals surface area contributed by atoms with Crippen LogP contribution < -0.4 is 0 Å². The molecular formula is C10H23BO2Si. The van der Waals surface area contributed by atoms with Crippen molar-refractivity contribution in [1.29, 1.82) is 0 Å². The Morgan fingerprint density at radius 3 is 1.57 bits per heavy atom. The summed E-state index contributed by atoms with van der Waals surface area (Å²) >= 11 is 0. The molecule has 0 spiro atoms. The minimum absolute atomic E-state index is 0.00617. The normalized spacial score (nSPS) is 25.5. The van der Waals surface area contributed by atoms with Gasteiger partial charge in [0.1, 0.15) is 0 Å². The van der Waals surface area contributed by atoms with E-state index in [1.54, 1.807) is 0 Å². The van der Waals surface area contributed by atoms with Gasteiger partial charge in [0.2, 0.25) is 0 Å². The van der Waals surface area contributed by atoms with Crippen molar-refractivity contribution in [3.63, 3.8) is 0 Å². The van der Waals surface area contributed by atoms with Gasteiger partial charge in [-0.1, -0.05) is 19.6 Å². The van der Waals surface area contributed by atoms with Crippen LogP contribution in [0.1, 0.15) is 27.7 Å². The van der Waals surface area contributed by atoms with Crippen molar-refractivity contribution in [3.8, 4) is 0 Å². The summed E-state index contributed by atoms with van der Waals surface area (Å²) in [7, 11) is -1.09.